The Balaban J connectivity index is 0.000000261. The lowest BCUT2D eigenvalue weighted by atomic mass is 10.2. The van der Waals surface area contributed by atoms with Crippen molar-refractivity contribution in [2.45, 2.75) is 6.92 Å². The summed E-state index contributed by atoms with van der Waals surface area (Å²) in [4.78, 5) is 4.22. The van der Waals surface area contributed by atoms with Gasteiger partial charge in [0.2, 0.25) is 5.95 Å². The molecule has 0 aliphatic heterocycles. The third kappa shape index (κ3) is 7.07. The second kappa shape index (κ2) is 12.8. The van der Waals surface area contributed by atoms with Crippen LogP contribution in [-0.4, -0.2) is 66.3 Å². The van der Waals surface area contributed by atoms with Gasteiger partial charge >= 0.3 is 14.3 Å². The molecule has 0 radical (unpaired) electrons. The van der Waals surface area contributed by atoms with Gasteiger partial charge in [-0.15, -0.1) is 5.10 Å². The summed E-state index contributed by atoms with van der Waals surface area (Å²) in [6.45, 7) is -0.928. The molecule has 0 saturated heterocycles. The van der Waals surface area contributed by atoms with Crippen LogP contribution in [0.1, 0.15) is 5.56 Å². The predicted octanol–water partition coefficient (Wildman–Crippen LogP) is 5.80. The highest BCUT2D eigenvalue weighted by atomic mass is 35.5. The molecule has 0 aliphatic rings. The summed E-state index contributed by atoms with van der Waals surface area (Å²) in [5.74, 6) is 0.891. The Morgan fingerprint density at radius 3 is 1.94 bits per heavy atom. The van der Waals surface area contributed by atoms with Crippen molar-refractivity contribution in [3.8, 4) is 17.1 Å². The van der Waals surface area contributed by atoms with E-state index in [1.165, 1.54) is 18.7 Å². The molecule has 2 aromatic carbocycles. The Hall–Kier alpha value is -1.52. The van der Waals surface area contributed by atoms with Crippen LogP contribution in [0.15, 0.2) is 42.5 Å². The first-order chi connectivity index (χ1) is 16.8. The van der Waals surface area contributed by atoms with Gasteiger partial charge in [-0.3, -0.25) is 4.57 Å². The summed E-state index contributed by atoms with van der Waals surface area (Å²) in [5.41, 5.74) is 7.68. The maximum atomic E-state index is 13.1. The number of benzene rings is 2. The first-order valence-electron chi connectivity index (χ1n) is 10.4. The number of anilines is 1. The smallest absolute Gasteiger partial charge is 0.380 e. The molecule has 0 fully saturated rings. The van der Waals surface area contributed by atoms with Crippen LogP contribution in [0.5, 0.6) is 5.75 Å². The molecular weight excluding hydrogens is 565 g/mol. The van der Waals surface area contributed by atoms with E-state index >= 15 is 0 Å². The number of nitrogens with zero attached hydrogens (tertiary/aromatic N) is 5. The van der Waals surface area contributed by atoms with Crippen LogP contribution >= 0.6 is 37.5 Å². The lowest BCUT2D eigenvalue weighted by Gasteiger charge is -2.29. The first kappa shape index (κ1) is 30.7. The summed E-state index contributed by atoms with van der Waals surface area (Å²) in [6, 6.07) is 12.9. The Morgan fingerprint density at radius 2 is 1.50 bits per heavy atom. The second-order valence-electron chi connectivity index (χ2n) is 7.72. The summed E-state index contributed by atoms with van der Waals surface area (Å²) in [7, 11) is 6.67. The number of hydrogen-bond acceptors (Lipinski definition) is 8. The third-order valence-corrected chi connectivity index (χ3v) is 10.6. The molecule has 0 amide bonds. The Morgan fingerprint density at radius 1 is 1.00 bits per heavy atom. The fraction of sp³-hybridized carbons (Fsp3) is 0.333. The molecule has 1 heterocycles. The van der Waals surface area contributed by atoms with Crippen molar-refractivity contribution in [3.05, 3.63) is 58.1 Å². The fourth-order valence-electron chi connectivity index (χ4n) is 2.95. The number of rotatable bonds is 8. The molecule has 198 valence electrons. The van der Waals surface area contributed by atoms with E-state index in [2.05, 4.69) is 10.1 Å². The van der Waals surface area contributed by atoms with Gasteiger partial charge in [-0.2, -0.15) is 9.44 Å². The lowest BCUT2D eigenvalue weighted by Crippen LogP contribution is -2.27. The number of aryl methyl sites for hydroxylation is 1. The zero-order valence-electron chi connectivity index (χ0n) is 21.0. The molecule has 3 rings (SSSR count). The van der Waals surface area contributed by atoms with Crippen molar-refractivity contribution in [1.29, 1.82) is 0 Å². The number of aromatic nitrogens is 3. The van der Waals surface area contributed by atoms with Crippen molar-refractivity contribution in [2.75, 3.05) is 48.1 Å². The van der Waals surface area contributed by atoms with E-state index in [4.69, 9.17) is 54.3 Å². The molecule has 2 N–H and O–H groups in total. The maximum absolute atomic E-state index is 13.1. The quantitative estimate of drug-likeness (QED) is 0.321. The molecule has 0 unspecified atom stereocenters. The first-order valence-corrected chi connectivity index (χ1v) is 15.3. The zero-order chi connectivity index (χ0) is 27.3. The number of nitrogen functional groups attached to an aromatic ring is 1. The second-order valence-corrected chi connectivity index (χ2v) is 14.7. The largest absolute Gasteiger partial charge is 0.421 e. The number of nitrogens with two attached hydrogens (primary N) is 1. The van der Waals surface area contributed by atoms with Gasteiger partial charge in [0.15, 0.2) is 11.6 Å². The minimum Gasteiger partial charge on any atom is -0.421 e. The van der Waals surface area contributed by atoms with Gasteiger partial charge in [-0.1, -0.05) is 53.5 Å². The monoisotopic (exact) mass is 594 g/mol. The van der Waals surface area contributed by atoms with Crippen molar-refractivity contribution < 1.29 is 18.1 Å². The van der Waals surface area contributed by atoms with Crippen LogP contribution in [0.2, 0.25) is 10.0 Å². The average Bonchev–Trinajstić information content (AvgIpc) is 3.23. The summed E-state index contributed by atoms with van der Waals surface area (Å²) in [6.07, 6.45) is 0. The standard InChI is InChI=1S/C12H19N6OP.C9H11Cl2O3PS/c1-16(2)20(19,17(3)4)18-12(13)14-11(15-18)10-8-6-5-7-9-10;1-6-4-7(10)9(8(11)5-6)14-15(16,12-2)13-3/h5-9H,1-4H3,(H2,13,14,15);4-5H,1-3H3. The molecule has 0 atom stereocenters. The minimum atomic E-state index is -3.07. The minimum absolute atomic E-state index is 0.134. The van der Waals surface area contributed by atoms with E-state index < -0.39 is 14.3 Å². The zero-order valence-corrected chi connectivity index (χ0v) is 25.2. The van der Waals surface area contributed by atoms with Gasteiger partial charge in [-0.25, -0.2) is 9.34 Å². The Bertz CT molecular complexity index is 1230. The molecule has 36 heavy (non-hydrogen) atoms. The van der Waals surface area contributed by atoms with E-state index in [-0.39, 0.29) is 5.95 Å². The van der Waals surface area contributed by atoms with Crippen molar-refractivity contribution in [3.63, 3.8) is 0 Å². The van der Waals surface area contributed by atoms with Crippen LogP contribution < -0.4 is 10.3 Å². The van der Waals surface area contributed by atoms with Crippen molar-refractivity contribution in [2.24, 2.45) is 0 Å². The van der Waals surface area contributed by atoms with Crippen LogP contribution in [0, 0.1) is 6.92 Å². The van der Waals surface area contributed by atoms with Crippen LogP contribution in [0.3, 0.4) is 0 Å². The molecule has 15 heteroatoms. The highest BCUT2D eigenvalue weighted by molar-refractivity contribution is 8.07. The Kier molecular flexibility index (Phi) is 10.9. The van der Waals surface area contributed by atoms with Crippen molar-refractivity contribution >= 4 is 55.3 Å². The average molecular weight is 595 g/mol. The van der Waals surface area contributed by atoms with E-state index in [9.17, 15) is 4.57 Å². The molecule has 3 aromatic rings. The van der Waals surface area contributed by atoms with Crippen molar-refractivity contribution in [1.82, 2.24) is 23.9 Å². The predicted molar refractivity (Wildman–Crippen MR) is 150 cm³/mol. The SMILES string of the molecule is CN(C)P(=O)(N(C)C)n1nc(-c2ccccc2)nc1N.COP(=S)(OC)Oc1c(Cl)cc(C)cc1Cl. The maximum Gasteiger partial charge on any atom is 0.380 e. The van der Waals surface area contributed by atoms with Gasteiger partial charge < -0.3 is 19.3 Å². The molecular formula is C21H30Cl2N6O4P2S. The topological polar surface area (TPSA) is 108 Å². The summed E-state index contributed by atoms with van der Waals surface area (Å²) < 4.78 is 33.0. The molecule has 0 saturated carbocycles. The van der Waals surface area contributed by atoms with E-state index in [0.717, 1.165) is 11.1 Å². The number of halogens is 2. The Labute approximate surface area is 227 Å². The van der Waals surface area contributed by atoms with Gasteiger partial charge in [-0.05, 0) is 52.8 Å². The number of hydrogen-bond donors (Lipinski definition) is 1. The fourth-order valence-corrected chi connectivity index (χ4v) is 6.58. The van der Waals surface area contributed by atoms with Crippen LogP contribution in [0.25, 0.3) is 11.4 Å². The van der Waals surface area contributed by atoms with E-state index in [1.54, 1.807) is 49.7 Å². The summed E-state index contributed by atoms with van der Waals surface area (Å²) in [5, 5.41) is 5.09. The van der Waals surface area contributed by atoms with Gasteiger partial charge in [0, 0.05) is 31.6 Å². The van der Waals surface area contributed by atoms with Crippen LogP contribution in [0.4, 0.5) is 5.95 Å². The summed E-state index contributed by atoms with van der Waals surface area (Å²) >= 11 is 17.1. The lowest BCUT2D eigenvalue weighted by molar-refractivity contribution is 0.273. The van der Waals surface area contributed by atoms with Crippen LogP contribution in [-0.2, 0) is 25.4 Å². The molecule has 0 aliphatic carbocycles. The molecule has 0 bridgehead atoms. The normalized spacial score (nSPS) is 12.0. The third-order valence-electron chi connectivity index (χ3n) is 4.73. The van der Waals surface area contributed by atoms with Gasteiger partial charge in [0.25, 0.3) is 0 Å². The molecule has 10 nitrogen and oxygen atoms in total. The highest BCUT2D eigenvalue weighted by Gasteiger charge is 2.34. The van der Waals surface area contributed by atoms with E-state index in [1.807, 2.05) is 37.3 Å². The van der Waals surface area contributed by atoms with Gasteiger partial charge in [0.05, 0.1) is 10.0 Å². The van der Waals surface area contributed by atoms with E-state index in [0.29, 0.717) is 21.6 Å². The molecule has 0 spiro atoms. The van der Waals surface area contributed by atoms with Gasteiger partial charge in [0.1, 0.15) is 0 Å². The molecule has 1 aromatic heterocycles. The highest BCUT2D eigenvalue weighted by Crippen LogP contribution is 2.52.